The molecule has 0 bridgehead atoms. The van der Waals surface area contributed by atoms with Crippen LogP contribution in [0.5, 0.6) is 0 Å². The van der Waals surface area contributed by atoms with Gasteiger partial charge < -0.3 is 5.32 Å². The van der Waals surface area contributed by atoms with Gasteiger partial charge in [-0.2, -0.15) is 0 Å². The van der Waals surface area contributed by atoms with Crippen LogP contribution in [-0.4, -0.2) is 12.6 Å². The predicted octanol–water partition coefficient (Wildman–Crippen LogP) is 4.35. The molecule has 1 aromatic carbocycles. The molecule has 1 N–H and O–H groups in total. The van der Waals surface area contributed by atoms with Crippen LogP contribution in [0.4, 0.5) is 0 Å². The number of hydrogen-bond acceptors (Lipinski definition) is 1. The molecular formula is C16H27N. The average Bonchev–Trinajstić information content (AvgIpc) is 2.38. The molecule has 0 heterocycles. The Kier molecular flexibility index (Phi) is 6.95. The van der Waals surface area contributed by atoms with E-state index in [4.69, 9.17) is 0 Å². The first kappa shape index (κ1) is 14.2. The molecule has 0 radical (unpaired) electrons. The van der Waals surface area contributed by atoms with E-state index in [1.54, 1.807) is 0 Å². The highest BCUT2D eigenvalue weighted by Gasteiger charge is 2.19. The Balaban J connectivity index is 2.73. The van der Waals surface area contributed by atoms with Crippen LogP contribution in [-0.2, 0) is 0 Å². The molecule has 0 aliphatic heterocycles. The molecule has 1 heteroatoms. The van der Waals surface area contributed by atoms with Crippen molar-refractivity contribution >= 4 is 0 Å². The Morgan fingerprint density at radius 3 is 2.24 bits per heavy atom. The minimum Gasteiger partial charge on any atom is -0.313 e. The first-order valence-corrected chi connectivity index (χ1v) is 7.11. The van der Waals surface area contributed by atoms with E-state index < -0.39 is 0 Å². The van der Waals surface area contributed by atoms with Crippen LogP contribution in [0, 0.1) is 0 Å². The Labute approximate surface area is 107 Å². The third-order valence-electron chi connectivity index (χ3n) is 3.41. The van der Waals surface area contributed by atoms with E-state index in [9.17, 15) is 0 Å². The summed E-state index contributed by atoms with van der Waals surface area (Å²) in [4.78, 5) is 0. The predicted molar refractivity (Wildman–Crippen MR) is 76.5 cm³/mol. The summed E-state index contributed by atoms with van der Waals surface area (Å²) in [6.07, 6.45) is 4.95. The highest BCUT2D eigenvalue weighted by Crippen LogP contribution is 2.25. The molecule has 0 saturated carbocycles. The quantitative estimate of drug-likeness (QED) is 0.704. The molecule has 0 spiro atoms. The van der Waals surface area contributed by atoms with Crippen LogP contribution in [0.2, 0.25) is 0 Å². The molecule has 0 aliphatic carbocycles. The molecule has 0 fully saturated rings. The molecule has 1 aromatic rings. The van der Waals surface area contributed by atoms with Gasteiger partial charge >= 0.3 is 0 Å². The second kappa shape index (κ2) is 8.30. The highest BCUT2D eigenvalue weighted by molar-refractivity contribution is 5.21. The lowest BCUT2D eigenvalue weighted by atomic mass is 9.86. The minimum atomic E-state index is 0.632. The van der Waals surface area contributed by atoms with Crippen molar-refractivity contribution in [1.29, 1.82) is 0 Å². The summed E-state index contributed by atoms with van der Waals surface area (Å²) in [5.74, 6) is 0.655. The van der Waals surface area contributed by atoms with Crippen molar-refractivity contribution < 1.29 is 0 Å². The van der Waals surface area contributed by atoms with Crippen LogP contribution in [0.25, 0.3) is 0 Å². The summed E-state index contributed by atoms with van der Waals surface area (Å²) in [6.45, 7) is 7.94. The standard InChI is InChI=1S/C16H27N/c1-4-10-16(17-13-5-2)15(6-3)14-11-8-7-9-12-14/h7-9,11-12,15-17H,4-6,10,13H2,1-3H3. The summed E-state index contributed by atoms with van der Waals surface area (Å²) in [6, 6.07) is 11.6. The maximum Gasteiger partial charge on any atom is 0.0136 e. The average molecular weight is 233 g/mol. The Morgan fingerprint density at radius 2 is 1.71 bits per heavy atom. The molecule has 1 nitrogen and oxygen atoms in total. The van der Waals surface area contributed by atoms with Gasteiger partial charge in [-0.05, 0) is 37.3 Å². The van der Waals surface area contributed by atoms with Crippen LogP contribution < -0.4 is 5.32 Å². The van der Waals surface area contributed by atoms with Gasteiger partial charge in [-0.3, -0.25) is 0 Å². The second-order valence-corrected chi connectivity index (χ2v) is 4.77. The lowest BCUT2D eigenvalue weighted by molar-refractivity contribution is 0.396. The number of rotatable bonds is 8. The summed E-state index contributed by atoms with van der Waals surface area (Å²) in [7, 11) is 0. The summed E-state index contributed by atoms with van der Waals surface area (Å²) in [5, 5.41) is 3.72. The van der Waals surface area contributed by atoms with Crippen molar-refractivity contribution in [2.24, 2.45) is 0 Å². The molecule has 0 saturated heterocycles. The lowest BCUT2D eigenvalue weighted by Gasteiger charge is -2.27. The van der Waals surface area contributed by atoms with E-state index >= 15 is 0 Å². The summed E-state index contributed by atoms with van der Waals surface area (Å²) in [5.41, 5.74) is 1.48. The van der Waals surface area contributed by atoms with E-state index in [1.807, 2.05) is 0 Å². The minimum absolute atomic E-state index is 0.632. The van der Waals surface area contributed by atoms with Gasteiger partial charge in [0.05, 0.1) is 0 Å². The molecule has 0 amide bonds. The van der Waals surface area contributed by atoms with Gasteiger partial charge in [-0.15, -0.1) is 0 Å². The summed E-state index contributed by atoms with van der Waals surface area (Å²) >= 11 is 0. The number of nitrogens with one attached hydrogen (secondary N) is 1. The van der Waals surface area contributed by atoms with Gasteiger partial charge in [0.15, 0.2) is 0 Å². The SMILES string of the molecule is CCCNC(CCC)C(CC)c1ccccc1. The van der Waals surface area contributed by atoms with Gasteiger partial charge in [0, 0.05) is 6.04 Å². The van der Waals surface area contributed by atoms with Crippen LogP contribution in [0.1, 0.15) is 57.9 Å². The zero-order chi connectivity index (χ0) is 12.5. The monoisotopic (exact) mass is 233 g/mol. The van der Waals surface area contributed by atoms with Crippen molar-refractivity contribution in [2.75, 3.05) is 6.54 Å². The molecule has 1 rings (SSSR count). The van der Waals surface area contributed by atoms with Gasteiger partial charge in [-0.1, -0.05) is 57.5 Å². The molecule has 0 aromatic heterocycles. The topological polar surface area (TPSA) is 12.0 Å². The van der Waals surface area contributed by atoms with E-state index in [-0.39, 0.29) is 0 Å². The lowest BCUT2D eigenvalue weighted by Crippen LogP contribution is -2.35. The Bertz CT molecular complexity index is 281. The van der Waals surface area contributed by atoms with Crippen molar-refractivity contribution in [1.82, 2.24) is 5.32 Å². The number of benzene rings is 1. The van der Waals surface area contributed by atoms with Crippen molar-refractivity contribution in [3.63, 3.8) is 0 Å². The first-order chi connectivity index (χ1) is 8.33. The Morgan fingerprint density at radius 1 is 1.00 bits per heavy atom. The first-order valence-electron chi connectivity index (χ1n) is 7.11. The maximum atomic E-state index is 3.72. The molecule has 2 atom stereocenters. The van der Waals surface area contributed by atoms with Gasteiger partial charge in [0.25, 0.3) is 0 Å². The van der Waals surface area contributed by atoms with E-state index in [0.29, 0.717) is 12.0 Å². The smallest absolute Gasteiger partial charge is 0.0136 e. The molecular weight excluding hydrogens is 206 g/mol. The van der Waals surface area contributed by atoms with Gasteiger partial charge in [-0.25, -0.2) is 0 Å². The normalized spacial score (nSPS) is 14.5. The Hall–Kier alpha value is -0.820. The zero-order valence-electron chi connectivity index (χ0n) is 11.6. The fourth-order valence-corrected chi connectivity index (χ4v) is 2.54. The fourth-order valence-electron chi connectivity index (χ4n) is 2.54. The molecule has 96 valence electrons. The zero-order valence-corrected chi connectivity index (χ0v) is 11.6. The van der Waals surface area contributed by atoms with E-state index in [1.165, 1.54) is 31.2 Å². The third-order valence-corrected chi connectivity index (χ3v) is 3.41. The van der Waals surface area contributed by atoms with Crippen LogP contribution in [0.3, 0.4) is 0 Å². The van der Waals surface area contributed by atoms with Crippen molar-refractivity contribution in [2.45, 2.75) is 58.4 Å². The number of hydrogen-bond donors (Lipinski definition) is 1. The fraction of sp³-hybridized carbons (Fsp3) is 0.625. The van der Waals surface area contributed by atoms with Gasteiger partial charge in [0.1, 0.15) is 0 Å². The molecule has 2 unspecified atom stereocenters. The van der Waals surface area contributed by atoms with Crippen LogP contribution in [0.15, 0.2) is 30.3 Å². The third kappa shape index (κ3) is 4.51. The van der Waals surface area contributed by atoms with Gasteiger partial charge in [0.2, 0.25) is 0 Å². The van der Waals surface area contributed by atoms with Crippen LogP contribution >= 0.6 is 0 Å². The molecule has 17 heavy (non-hydrogen) atoms. The largest absolute Gasteiger partial charge is 0.313 e. The molecule has 0 aliphatic rings. The van der Waals surface area contributed by atoms with E-state index in [0.717, 1.165) is 6.54 Å². The summed E-state index contributed by atoms with van der Waals surface area (Å²) < 4.78 is 0. The van der Waals surface area contributed by atoms with Crippen molar-refractivity contribution in [3.8, 4) is 0 Å². The highest BCUT2D eigenvalue weighted by atomic mass is 14.9. The van der Waals surface area contributed by atoms with E-state index in [2.05, 4.69) is 56.4 Å². The maximum absolute atomic E-state index is 3.72. The van der Waals surface area contributed by atoms with Crippen molar-refractivity contribution in [3.05, 3.63) is 35.9 Å². The second-order valence-electron chi connectivity index (χ2n) is 4.77.